The van der Waals surface area contributed by atoms with Gasteiger partial charge in [0, 0.05) is 12.1 Å². The third-order valence-corrected chi connectivity index (χ3v) is 5.07. The van der Waals surface area contributed by atoms with Crippen LogP contribution in [-0.2, 0) is 10.0 Å². The lowest BCUT2D eigenvalue weighted by molar-refractivity contribution is -0.0512. The summed E-state index contributed by atoms with van der Waals surface area (Å²) in [6.45, 7) is -3.25. The summed E-state index contributed by atoms with van der Waals surface area (Å²) in [6.07, 6.45) is 0. The molecule has 0 aliphatic carbocycles. The number of nitrogens with zero attached hydrogens (tertiary/aromatic N) is 1. The van der Waals surface area contributed by atoms with E-state index in [9.17, 15) is 27.1 Å². The lowest BCUT2D eigenvalue weighted by Gasteiger charge is -2.15. The van der Waals surface area contributed by atoms with Crippen molar-refractivity contribution in [1.82, 2.24) is 4.98 Å². The number of rotatable bonds is 7. The van der Waals surface area contributed by atoms with Crippen LogP contribution in [0.25, 0.3) is 0 Å². The van der Waals surface area contributed by atoms with Gasteiger partial charge in [0.1, 0.15) is 10.0 Å². The molecule has 146 valence electrons. The number of carboxylic acid groups (broad SMARTS) is 1. The number of hydrogen-bond donors (Lipinski definition) is 2. The molecule has 0 aliphatic heterocycles. The Hall–Kier alpha value is -2.37. The van der Waals surface area contributed by atoms with Crippen LogP contribution in [0.1, 0.15) is 10.4 Å². The molecule has 0 amide bonds. The molecule has 0 saturated carbocycles. The van der Waals surface area contributed by atoms with E-state index in [0.29, 0.717) is 6.07 Å². The molecule has 1 heterocycles. The second-order valence-corrected chi connectivity index (χ2v) is 7.16. The van der Waals surface area contributed by atoms with Gasteiger partial charge in [0.05, 0.1) is 18.4 Å². The molecule has 0 radical (unpaired) electrons. The molecule has 0 spiro atoms. The fourth-order valence-corrected chi connectivity index (χ4v) is 3.70. The van der Waals surface area contributed by atoms with Gasteiger partial charge in [-0.25, -0.2) is 18.2 Å². The van der Waals surface area contributed by atoms with E-state index in [-0.39, 0.29) is 10.9 Å². The number of anilines is 1. The molecule has 2 rings (SSSR count). The minimum Gasteiger partial charge on any atom is -0.493 e. The first kappa shape index (κ1) is 20.9. The maximum atomic E-state index is 12.5. The second-order valence-electron chi connectivity index (χ2n) is 4.76. The second kappa shape index (κ2) is 8.11. The zero-order chi connectivity index (χ0) is 20.4. The standard InChI is InChI=1S/C14H10Cl2F2N2O6S/c1-25-8-5-7(6(13(21)22)4-9(8)26-14(17)18)20-27(23,24)10-2-3-11(15)19-12(10)16/h2-5,14,20H,1H3,(H,21,22). The van der Waals surface area contributed by atoms with E-state index in [1.54, 1.807) is 0 Å². The Morgan fingerprint density at radius 3 is 2.44 bits per heavy atom. The lowest BCUT2D eigenvalue weighted by Crippen LogP contribution is -2.17. The fourth-order valence-electron chi connectivity index (χ4n) is 1.97. The Morgan fingerprint density at radius 2 is 1.93 bits per heavy atom. The van der Waals surface area contributed by atoms with Gasteiger partial charge < -0.3 is 14.6 Å². The van der Waals surface area contributed by atoms with Gasteiger partial charge in [-0.15, -0.1) is 0 Å². The molecule has 1 aromatic carbocycles. The van der Waals surface area contributed by atoms with E-state index >= 15 is 0 Å². The number of carboxylic acids is 1. The number of pyridine rings is 1. The molecule has 13 heteroatoms. The van der Waals surface area contributed by atoms with Crippen LogP contribution in [0, 0.1) is 0 Å². The fraction of sp³-hybridized carbons (Fsp3) is 0.143. The van der Waals surface area contributed by atoms with Crippen LogP contribution in [-0.4, -0.2) is 38.2 Å². The highest BCUT2D eigenvalue weighted by Gasteiger charge is 2.25. The van der Waals surface area contributed by atoms with Crippen LogP contribution >= 0.6 is 23.2 Å². The van der Waals surface area contributed by atoms with Crippen molar-refractivity contribution < 1.29 is 36.6 Å². The Morgan fingerprint density at radius 1 is 1.26 bits per heavy atom. The number of halogens is 4. The average molecular weight is 443 g/mol. The summed E-state index contributed by atoms with van der Waals surface area (Å²) in [5.74, 6) is -2.51. The number of aromatic nitrogens is 1. The highest BCUT2D eigenvalue weighted by molar-refractivity contribution is 7.92. The van der Waals surface area contributed by atoms with Crippen molar-refractivity contribution in [2.45, 2.75) is 11.5 Å². The number of carbonyl (C=O) groups is 1. The third-order valence-electron chi connectivity index (χ3n) is 3.06. The van der Waals surface area contributed by atoms with Crippen LogP contribution in [0.3, 0.4) is 0 Å². The molecular weight excluding hydrogens is 433 g/mol. The maximum Gasteiger partial charge on any atom is 0.387 e. The number of ether oxygens (including phenoxy) is 2. The molecule has 0 bridgehead atoms. The molecule has 0 aliphatic rings. The quantitative estimate of drug-likeness (QED) is 0.630. The van der Waals surface area contributed by atoms with E-state index in [2.05, 4.69) is 9.72 Å². The summed E-state index contributed by atoms with van der Waals surface area (Å²) in [5.41, 5.74) is -1.12. The van der Waals surface area contributed by atoms with E-state index < -0.39 is 49.7 Å². The van der Waals surface area contributed by atoms with Crippen molar-refractivity contribution in [1.29, 1.82) is 0 Å². The summed E-state index contributed by atoms with van der Waals surface area (Å²) >= 11 is 11.4. The molecule has 2 aromatic rings. The van der Waals surface area contributed by atoms with Crippen molar-refractivity contribution in [2.24, 2.45) is 0 Å². The summed E-state index contributed by atoms with van der Waals surface area (Å²) < 4.78 is 61.0. The van der Waals surface area contributed by atoms with Gasteiger partial charge in [0.15, 0.2) is 16.7 Å². The number of nitrogens with one attached hydrogen (secondary N) is 1. The molecule has 27 heavy (non-hydrogen) atoms. The van der Waals surface area contributed by atoms with Gasteiger partial charge in [0.25, 0.3) is 10.0 Å². The highest BCUT2D eigenvalue weighted by Crippen LogP contribution is 2.36. The van der Waals surface area contributed by atoms with E-state index in [4.69, 9.17) is 27.9 Å². The van der Waals surface area contributed by atoms with Gasteiger partial charge in [-0.3, -0.25) is 4.72 Å². The summed E-state index contributed by atoms with van der Waals surface area (Å²) in [4.78, 5) is 14.5. The topological polar surface area (TPSA) is 115 Å². The summed E-state index contributed by atoms with van der Waals surface area (Å²) in [5, 5.41) is 8.77. The number of sulfonamides is 1. The predicted octanol–water partition coefficient (Wildman–Crippen LogP) is 3.50. The van der Waals surface area contributed by atoms with Crippen LogP contribution in [0.2, 0.25) is 10.3 Å². The zero-order valence-corrected chi connectivity index (χ0v) is 15.6. The largest absolute Gasteiger partial charge is 0.493 e. The molecule has 0 atom stereocenters. The van der Waals surface area contributed by atoms with Gasteiger partial charge >= 0.3 is 12.6 Å². The summed E-state index contributed by atoms with van der Waals surface area (Å²) in [6, 6.07) is 3.81. The van der Waals surface area contributed by atoms with E-state index in [1.807, 2.05) is 4.72 Å². The van der Waals surface area contributed by atoms with Gasteiger partial charge in [-0.1, -0.05) is 23.2 Å². The third kappa shape index (κ3) is 4.87. The van der Waals surface area contributed by atoms with Crippen molar-refractivity contribution in [3.05, 3.63) is 40.1 Å². The highest BCUT2D eigenvalue weighted by atomic mass is 35.5. The smallest absolute Gasteiger partial charge is 0.387 e. The van der Waals surface area contributed by atoms with Crippen LogP contribution < -0.4 is 14.2 Å². The summed E-state index contributed by atoms with van der Waals surface area (Å²) in [7, 11) is -3.29. The number of aromatic carboxylic acids is 1. The Labute approximate surface area is 161 Å². The van der Waals surface area contributed by atoms with Gasteiger partial charge in [-0.05, 0) is 12.1 Å². The molecular formula is C14H10Cl2F2N2O6S. The first-order valence-corrected chi connectivity index (χ1v) is 9.04. The first-order chi connectivity index (χ1) is 12.5. The van der Waals surface area contributed by atoms with Gasteiger partial charge in [-0.2, -0.15) is 8.78 Å². The number of hydrogen-bond acceptors (Lipinski definition) is 6. The predicted molar refractivity (Wildman–Crippen MR) is 91.7 cm³/mol. The number of alkyl halides is 2. The molecule has 0 fully saturated rings. The van der Waals surface area contributed by atoms with Crippen LogP contribution in [0.15, 0.2) is 29.2 Å². The monoisotopic (exact) mass is 442 g/mol. The zero-order valence-electron chi connectivity index (χ0n) is 13.2. The first-order valence-electron chi connectivity index (χ1n) is 6.80. The van der Waals surface area contributed by atoms with E-state index in [1.165, 1.54) is 6.07 Å². The Kier molecular flexibility index (Phi) is 6.29. The van der Waals surface area contributed by atoms with Crippen molar-refractivity contribution >= 4 is 44.9 Å². The number of benzene rings is 1. The van der Waals surface area contributed by atoms with Crippen molar-refractivity contribution in [3.63, 3.8) is 0 Å². The van der Waals surface area contributed by atoms with Gasteiger partial charge in [0.2, 0.25) is 0 Å². The van der Waals surface area contributed by atoms with Crippen molar-refractivity contribution in [2.75, 3.05) is 11.8 Å². The normalized spacial score (nSPS) is 11.3. The van der Waals surface area contributed by atoms with Crippen LogP contribution in [0.4, 0.5) is 14.5 Å². The maximum absolute atomic E-state index is 12.5. The minimum atomic E-state index is -4.39. The lowest BCUT2D eigenvalue weighted by atomic mass is 10.1. The van der Waals surface area contributed by atoms with Crippen LogP contribution in [0.5, 0.6) is 11.5 Å². The molecule has 8 nitrogen and oxygen atoms in total. The average Bonchev–Trinajstić information content (AvgIpc) is 2.54. The minimum absolute atomic E-state index is 0.0552. The molecule has 1 aromatic heterocycles. The van der Waals surface area contributed by atoms with E-state index in [0.717, 1.165) is 19.2 Å². The SMILES string of the molecule is COc1cc(NS(=O)(=O)c2ccc(Cl)nc2Cl)c(C(=O)O)cc1OC(F)F. The number of methoxy groups -OCH3 is 1. The molecule has 2 N–H and O–H groups in total. The van der Waals surface area contributed by atoms with Crippen molar-refractivity contribution in [3.8, 4) is 11.5 Å². The molecule has 0 saturated heterocycles. The Balaban J connectivity index is 2.55. The molecule has 0 unspecified atom stereocenters. The Bertz CT molecular complexity index is 988.